The fourth-order valence-corrected chi connectivity index (χ4v) is 2.25. The molecule has 2 heteroatoms. The van der Waals surface area contributed by atoms with Crippen LogP contribution in [0.1, 0.15) is 37.8 Å². The summed E-state index contributed by atoms with van der Waals surface area (Å²) in [5, 5.41) is 3.58. The number of benzene rings is 1. The number of hydrogen-bond donors (Lipinski definition) is 1. The number of aryl methyl sites for hydroxylation is 1. The molecule has 0 heterocycles. The number of rotatable bonds is 9. The minimum Gasteiger partial charge on any atom is -0.382 e. The lowest BCUT2D eigenvalue weighted by atomic mass is 9.98. The molecule has 1 unspecified atom stereocenters. The van der Waals surface area contributed by atoms with Gasteiger partial charge in [-0.05, 0) is 50.8 Å². The van der Waals surface area contributed by atoms with Crippen LogP contribution in [0, 0.1) is 6.92 Å². The molecule has 102 valence electrons. The topological polar surface area (TPSA) is 21.3 Å². The molecule has 1 aromatic carbocycles. The Bertz CT molecular complexity index is 325. The molecule has 0 aliphatic carbocycles. The van der Waals surface area contributed by atoms with Gasteiger partial charge in [0.25, 0.3) is 0 Å². The van der Waals surface area contributed by atoms with E-state index >= 15 is 0 Å². The van der Waals surface area contributed by atoms with Gasteiger partial charge in [-0.25, -0.2) is 0 Å². The average Bonchev–Trinajstić information content (AvgIpc) is 2.37. The number of likely N-dealkylation sites (N-methyl/N-ethyl adjacent to an activating group) is 1. The molecule has 1 N–H and O–H groups in total. The van der Waals surface area contributed by atoms with Crippen molar-refractivity contribution in [2.24, 2.45) is 0 Å². The van der Waals surface area contributed by atoms with Crippen molar-refractivity contribution in [2.45, 2.75) is 46.1 Å². The van der Waals surface area contributed by atoms with Gasteiger partial charge >= 0.3 is 0 Å². The van der Waals surface area contributed by atoms with Gasteiger partial charge in [0.2, 0.25) is 0 Å². The minimum absolute atomic E-state index is 0.566. The van der Waals surface area contributed by atoms with Crippen LogP contribution in [0.4, 0.5) is 0 Å². The second-order valence-corrected chi connectivity index (χ2v) is 4.72. The maximum absolute atomic E-state index is 5.41. The maximum Gasteiger partial charge on any atom is 0.0466 e. The molecule has 0 fully saturated rings. The third-order valence-electron chi connectivity index (χ3n) is 3.27. The summed E-state index contributed by atoms with van der Waals surface area (Å²) in [4.78, 5) is 0. The highest BCUT2D eigenvalue weighted by molar-refractivity contribution is 5.26. The average molecular weight is 249 g/mol. The molecular formula is C16H27NO. The van der Waals surface area contributed by atoms with Crippen LogP contribution < -0.4 is 5.32 Å². The van der Waals surface area contributed by atoms with E-state index in [1.54, 1.807) is 0 Å². The van der Waals surface area contributed by atoms with Gasteiger partial charge in [0, 0.05) is 19.3 Å². The van der Waals surface area contributed by atoms with Crippen molar-refractivity contribution in [3.63, 3.8) is 0 Å². The quantitative estimate of drug-likeness (QED) is 0.678. The Kier molecular flexibility index (Phi) is 7.70. The summed E-state index contributed by atoms with van der Waals surface area (Å²) in [5.41, 5.74) is 2.85. The minimum atomic E-state index is 0.566. The summed E-state index contributed by atoms with van der Waals surface area (Å²) in [6.45, 7) is 9.15. The van der Waals surface area contributed by atoms with Gasteiger partial charge in [0.05, 0.1) is 0 Å². The van der Waals surface area contributed by atoms with E-state index in [2.05, 4.69) is 50.4 Å². The van der Waals surface area contributed by atoms with Crippen molar-refractivity contribution in [2.75, 3.05) is 19.8 Å². The SMILES string of the molecule is CCNC(CCCOCC)Cc1ccccc1C. The third-order valence-corrected chi connectivity index (χ3v) is 3.27. The molecule has 0 radical (unpaired) electrons. The molecule has 1 aromatic rings. The van der Waals surface area contributed by atoms with Crippen LogP contribution in [0.3, 0.4) is 0 Å². The number of ether oxygens (including phenoxy) is 1. The standard InChI is InChI=1S/C16H27NO/c1-4-17-16(11-8-12-18-5-2)13-15-10-7-6-9-14(15)3/h6-7,9-10,16-17H,4-5,8,11-13H2,1-3H3. The van der Waals surface area contributed by atoms with E-state index in [9.17, 15) is 0 Å². The van der Waals surface area contributed by atoms with Crippen molar-refractivity contribution in [1.29, 1.82) is 0 Å². The van der Waals surface area contributed by atoms with Crippen molar-refractivity contribution in [1.82, 2.24) is 5.32 Å². The first kappa shape index (κ1) is 15.2. The first-order chi connectivity index (χ1) is 8.77. The molecule has 1 rings (SSSR count). The van der Waals surface area contributed by atoms with E-state index in [0.717, 1.165) is 32.6 Å². The van der Waals surface area contributed by atoms with Gasteiger partial charge in [-0.3, -0.25) is 0 Å². The molecule has 0 amide bonds. The highest BCUT2D eigenvalue weighted by Gasteiger charge is 2.09. The van der Waals surface area contributed by atoms with E-state index < -0.39 is 0 Å². The van der Waals surface area contributed by atoms with Gasteiger partial charge in [-0.2, -0.15) is 0 Å². The fraction of sp³-hybridized carbons (Fsp3) is 0.625. The first-order valence-corrected chi connectivity index (χ1v) is 7.13. The molecular weight excluding hydrogens is 222 g/mol. The zero-order valence-corrected chi connectivity index (χ0v) is 12.0. The second-order valence-electron chi connectivity index (χ2n) is 4.72. The molecule has 0 bridgehead atoms. The lowest BCUT2D eigenvalue weighted by molar-refractivity contribution is 0.141. The molecule has 0 saturated heterocycles. The lowest BCUT2D eigenvalue weighted by Crippen LogP contribution is -2.31. The van der Waals surface area contributed by atoms with Crippen LogP contribution in [-0.2, 0) is 11.2 Å². The van der Waals surface area contributed by atoms with Crippen molar-refractivity contribution < 1.29 is 4.74 Å². The highest BCUT2D eigenvalue weighted by Crippen LogP contribution is 2.12. The maximum atomic E-state index is 5.41. The molecule has 0 saturated carbocycles. The van der Waals surface area contributed by atoms with Gasteiger partial charge in [0.15, 0.2) is 0 Å². The smallest absolute Gasteiger partial charge is 0.0466 e. The van der Waals surface area contributed by atoms with Crippen LogP contribution in [0.5, 0.6) is 0 Å². The summed E-state index contributed by atoms with van der Waals surface area (Å²) < 4.78 is 5.41. The van der Waals surface area contributed by atoms with Crippen LogP contribution >= 0.6 is 0 Å². The van der Waals surface area contributed by atoms with Crippen molar-refractivity contribution >= 4 is 0 Å². The molecule has 0 aliphatic heterocycles. The van der Waals surface area contributed by atoms with Crippen molar-refractivity contribution in [3.05, 3.63) is 35.4 Å². The molecule has 1 atom stereocenters. The molecule has 18 heavy (non-hydrogen) atoms. The van der Waals surface area contributed by atoms with Gasteiger partial charge < -0.3 is 10.1 Å². The molecule has 0 spiro atoms. The highest BCUT2D eigenvalue weighted by atomic mass is 16.5. The summed E-state index contributed by atoms with van der Waals surface area (Å²) >= 11 is 0. The molecule has 0 aromatic heterocycles. The summed E-state index contributed by atoms with van der Waals surface area (Å²) in [5.74, 6) is 0. The Morgan fingerprint density at radius 3 is 2.67 bits per heavy atom. The number of hydrogen-bond acceptors (Lipinski definition) is 2. The van der Waals surface area contributed by atoms with Crippen molar-refractivity contribution in [3.8, 4) is 0 Å². The van der Waals surface area contributed by atoms with E-state index in [1.807, 2.05) is 0 Å². The van der Waals surface area contributed by atoms with Gasteiger partial charge in [-0.15, -0.1) is 0 Å². The Hall–Kier alpha value is -0.860. The Morgan fingerprint density at radius 1 is 1.22 bits per heavy atom. The van der Waals surface area contributed by atoms with E-state index in [-0.39, 0.29) is 0 Å². The second kappa shape index (κ2) is 9.12. The Labute approximate surface area is 112 Å². The predicted octanol–water partition coefficient (Wildman–Crippen LogP) is 3.33. The predicted molar refractivity (Wildman–Crippen MR) is 78.1 cm³/mol. The zero-order chi connectivity index (χ0) is 13.2. The van der Waals surface area contributed by atoms with Gasteiger partial charge in [-0.1, -0.05) is 31.2 Å². The normalized spacial score (nSPS) is 12.6. The van der Waals surface area contributed by atoms with E-state index in [0.29, 0.717) is 6.04 Å². The van der Waals surface area contributed by atoms with Crippen LogP contribution in [0.15, 0.2) is 24.3 Å². The van der Waals surface area contributed by atoms with Crippen LogP contribution in [0.25, 0.3) is 0 Å². The summed E-state index contributed by atoms with van der Waals surface area (Å²) in [6, 6.07) is 9.24. The van der Waals surface area contributed by atoms with Crippen LogP contribution in [-0.4, -0.2) is 25.8 Å². The molecule has 0 aliphatic rings. The molecule has 2 nitrogen and oxygen atoms in total. The van der Waals surface area contributed by atoms with Crippen LogP contribution in [0.2, 0.25) is 0 Å². The summed E-state index contributed by atoms with van der Waals surface area (Å²) in [6.07, 6.45) is 3.44. The van der Waals surface area contributed by atoms with E-state index in [4.69, 9.17) is 4.74 Å². The zero-order valence-electron chi connectivity index (χ0n) is 12.0. The Balaban J connectivity index is 2.44. The third kappa shape index (κ3) is 5.65. The van der Waals surface area contributed by atoms with E-state index in [1.165, 1.54) is 17.5 Å². The summed E-state index contributed by atoms with van der Waals surface area (Å²) in [7, 11) is 0. The lowest BCUT2D eigenvalue weighted by Gasteiger charge is -2.19. The Morgan fingerprint density at radius 2 is 2.00 bits per heavy atom. The first-order valence-electron chi connectivity index (χ1n) is 7.13. The largest absolute Gasteiger partial charge is 0.382 e. The monoisotopic (exact) mass is 249 g/mol. The number of nitrogens with one attached hydrogen (secondary N) is 1. The van der Waals surface area contributed by atoms with Gasteiger partial charge in [0.1, 0.15) is 0 Å². The fourth-order valence-electron chi connectivity index (χ4n) is 2.25.